The molecule has 1 aromatic heterocycles. The number of rotatable bonds is 1. The molecule has 4 nitrogen and oxygen atoms in total. The minimum Gasteiger partial charge on any atom is -0.313 e. The van der Waals surface area contributed by atoms with E-state index >= 15 is 0 Å². The maximum atomic E-state index is 11.7. The van der Waals surface area contributed by atoms with Crippen molar-refractivity contribution in [2.75, 3.05) is 0 Å². The highest BCUT2D eigenvalue weighted by atomic mass is 79.9. The van der Waals surface area contributed by atoms with Gasteiger partial charge in [0.05, 0.1) is 23.9 Å². The number of halogens is 3. The van der Waals surface area contributed by atoms with Crippen molar-refractivity contribution < 1.29 is 0 Å². The Bertz CT molecular complexity index is 544. The lowest BCUT2D eigenvalue weighted by Crippen LogP contribution is -2.24. The molecule has 0 atom stereocenters. The van der Waals surface area contributed by atoms with E-state index in [-0.39, 0.29) is 37.0 Å². The van der Waals surface area contributed by atoms with Crippen molar-refractivity contribution in [1.29, 1.82) is 0 Å². The molecule has 1 heterocycles. The Labute approximate surface area is 113 Å². The minimum atomic E-state index is -0.112. The first kappa shape index (κ1) is 15.4. The van der Waals surface area contributed by atoms with E-state index in [4.69, 9.17) is 5.73 Å². The highest BCUT2D eigenvalue weighted by molar-refractivity contribution is 9.10. The molecule has 2 N–H and O–H groups in total. The summed E-state index contributed by atoms with van der Waals surface area (Å²) in [6.45, 7) is 0.147. The standard InChI is InChI=1S/C9H8BrN3O.2ClH/c10-6-1-2-8-7(3-6)9(14)13(4-11)5-12-8;;/h1-3,5H,4,11H2;2*1H. The first-order chi connectivity index (χ1) is 6.72. The van der Waals surface area contributed by atoms with Gasteiger partial charge in [0, 0.05) is 4.47 Å². The number of nitrogens with two attached hydrogens (primary N) is 1. The highest BCUT2D eigenvalue weighted by Crippen LogP contribution is 2.14. The average Bonchev–Trinajstić information content (AvgIpc) is 2.20. The third-order valence-electron chi connectivity index (χ3n) is 1.98. The first-order valence-electron chi connectivity index (χ1n) is 4.07. The van der Waals surface area contributed by atoms with Gasteiger partial charge >= 0.3 is 0 Å². The quantitative estimate of drug-likeness (QED) is 0.871. The zero-order valence-corrected chi connectivity index (χ0v) is 11.3. The van der Waals surface area contributed by atoms with Gasteiger partial charge in [-0.2, -0.15) is 0 Å². The lowest BCUT2D eigenvalue weighted by atomic mass is 10.2. The first-order valence-corrected chi connectivity index (χ1v) is 4.86. The molecule has 88 valence electrons. The Hall–Kier alpha value is -0.620. The van der Waals surface area contributed by atoms with Gasteiger partial charge in [-0.15, -0.1) is 24.8 Å². The van der Waals surface area contributed by atoms with E-state index < -0.39 is 0 Å². The van der Waals surface area contributed by atoms with Gasteiger partial charge in [0.25, 0.3) is 5.56 Å². The number of hydrogen-bond acceptors (Lipinski definition) is 3. The van der Waals surface area contributed by atoms with Crippen LogP contribution in [0.25, 0.3) is 10.9 Å². The molecule has 0 saturated heterocycles. The second-order valence-corrected chi connectivity index (χ2v) is 3.78. The minimum absolute atomic E-state index is 0. The largest absolute Gasteiger partial charge is 0.313 e. The number of nitrogens with zero attached hydrogens (tertiary/aromatic N) is 2. The topological polar surface area (TPSA) is 60.9 Å². The van der Waals surface area contributed by atoms with Crippen LogP contribution in [0.15, 0.2) is 33.8 Å². The Morgan fingerprint density at radius 2 is 2.06 bits per heavy atom. The average molecular weight is 327 g/mol. The van der Waals surface area contributed by atoms with Gasteiger partial charge in [0.2, 0.25) is 0 Å². The lowest BCUT2D eigenvalue weighted by Gasteiger charge is -2.02. The van der Waals surface area contributed by atoms with Crippen molar-refractivity contribution in [3.63, 3.8) is 0 Å². The number of benzene rings is 1. The van der Waals surface area contributed by atoms with E-state index in [0.717, 1.165) is 4.47 Å². The summed E-state index contributed by atoms with van der Waals surface area (Å²) in [4.78, 5) is 15.8. The van der Waals surface area contributed by atoms with Crippen LogP contribution < -0.4 is 11.3 Å². The molecule has 1 aromatic carbocycles. The summed E-state index contributed by atoms with van der Waals surface area (Å²) in [5.41, 5.74) is 5.96. The van der Waals surface area contributed by atoms with Crippen molar-refractivity contribution in [2.24, 2.45) is 5.73 Å². The Morgan fingerprint density at radius 3 is 2.69 bits per heavy atom. The van der Waals surface area contributed by atoms with Crippen LogP contribution in [0, 0.1) is 0 Å². The summed E-state index contributed by atoms with van der Waals surface area (Å²) in [5.74, 6) is 0. The number of fused-ring (bicyclic) bond motifs is 1. The highest BCUT2D eigenvalue weighted by Gasteiger charge is 2.02. The Morgan fingerprint density at radius 1 is 1.38 bits per heavy atom. The van der Waals surface area contributed by atoms with Gasteiger partial charge in [0.1, 0.15) is 0 Å². The number of hydrogen-bond donors (Lipinski definition) is 1. The lowest BCUT2D eigenvalue weighted by molar-refractivity contribution is 0.692. The van der Waals surface area contributed by atoms with E-state index in [2.05, 4.69) is 20.9 Å². The maximum Gasteiger partial charge on any atom is 0.262 e. The van der Waals surface area contributed by atoms with Crippen LogP contribution in [0.4, 0.5) is 0 Å². The van der Waals surface area contributed by atoms with Gasteiger partial charge in [0.15, 0.2) is 0 Å². The molecule has 2 aromatic rings. The molecule has 16 heavy (non-hydrogen) atoms. The number of aromatic nitrogens is 2. The summed E-state index contributed by atoms with van der Waals surface area (Å²) < 4.78 is 2.23. The van der Waals surface area contributed by atoms with Crippen molar-refractivity contribution in [1.82, 2.24) is 9.55 Å². The second kappa shape index (κ2) is 6.20. The summed E-state index contributed by atoms with van der Waals surface area (Å²) in [5, 5.41) is 0.576. The third-order valence-corrected chi connectivity index (χ3v) is 2.48. The van der Waals surface area contributed by atoms with Crippen molar-refractivity contribution in [3.8, 4) is 0 Å². The monoisotopic (exact) mass is 325 g/mol. The van der Waals surface area contributed by atoms with Crippen molar-refractivity contribution >= 4 is 51.6 Å². The molecule has 0 aliphatic carbocycles. The molecular formula is C9H10BrCl2N3O. The predicted molar refractivity (Wildman–Crippen MR) is 72.4 cm³/mol. The molecule has 2 rings (SSSR count). The second-order valence-electron chi connectivity index (χ2n) is 2.86. The molecule has 0 aliphatic rings. The molecule has 0 radical (unpaired) electrons. The van der Waals surface area contributed by atoms with E-state index in [1.807, 2.05) is 6.07 Å². The molecule has 7 heteroatoms. The summed E-state index contributed by atoms with van der Waals surface area (Å²) in [6, 6.07) is 5.39. The van der Waals surface area contributed by atoms with E-state index in [0.29, 0.717) is 10.9 Å². The maximum absolute atomic E-state index is 11.7. The summed E-state index contributed by atoms with van der Waals surface area (Å²) >= 11 is 3.31. The fourth-order valence-electron chi connectivity index (χ4n) is 1.26. The summed E-state index contributed by atoms with van der Waals surface area (Å²) in [7, 11) is 0. The smallest absolute Gasteiger partial charge is 0.262 e. The zero-order chi connectivity index (χ0) is 10.1. The van der Waals surface area contributed by atoms with Gasteiger partial charge in [-0.05, 0) is 18.2 Å². The van der Waals surface area contributed by atoms with Gasteiger partial charge in [-0.25, -0.2) is 4.98 Å². The molecule has 0 fully saturated rings. The normalized spacial score (nSPS) is 9.38. The van der Waals surface area contributed by atoms with Gasteiger partial charge < -0.3 is 5.73 Å². The predicted octanol–water partition coefficient (Wildman–Crippen LogP) is 1.92. The molecule has 0 bridgehead atoms. The SMILES string of the molecule is Cl.Cl.NCn1cnc2ccc(Br)cc2c1=O. The van der Waals surface area contributed by atoms with Crippen LogP contribution in [0.3, 0.4) is 0 Å². The van der Waals surface area contributed by atoms with Gasteiger partial charge in [-0.3, -0.25) is 9.36 Å². The Balaban J connectivity index is 0.00000112. The van der Waals surface area contributed by atoms with Gasteiger partial charge in [-0.1, -0.05) is 15.9 Å². The van der Waals surface area contributed by atoms with Crippen LogP contribution in [0.2, 0.25) is 0 Å². The summed E-state index contributed by atoms with van der Waals surface area (Å²) in [6.07, 6.45) is 1.46. The van der Waals surface area contributed by atoms with E-state index in [1.165, 1.54) is 10.9 Å². The third kappa shape index (κ3) is 2.74. The molecular weight excluding hydrogens is 317 g/mol. The van der Waals surface area contributed by atoms with Crippen LogP contribution in [0.1, 0.15) is 0 Å². The van der Waals surface area contributed by atoms with Crippen molar-refractivity contribution in [3.05, 3.63) is 39.4 Å². The Kier molecular flexibility index (Phi) is 5.96. The molecule has 0 aliphatic heterocycles. The van der Waals surface area contributed by atoms with Crippen molar-refractivity contribution in [2.45, 2.75) is 6.67 Å². The van der Waals surface area contributed by atoms with Crippen LogP contribution in [-0.2, 0) is 6.67 Å². The van der Waals surface area contributed by atoms with E-state index in [9.17, 15) is 4.79 Å². The van der Waals surface area contributed by atoms with Crippen LogP contribution in [-0.4, -0.2) is 9.55 Å². The fraction of sp³-hybridized carbons (Fsp3) is 0.111. The zero-order valence-electron chi connectivity index (χ0n) is 8.09. The molecule has 0 unspecified atom stereocenters. The van der Waals surface area contributed by atoms with Crippen LogP contribution >= 0.6 is 40.7 Å². The van der Waals surface area contributed by atoms with E-state index in [1.54, 1.807) is 12.1 Å². The fourth-order valence-corrected chi connectivity index (χ4v) is 1.62. The molecule has 0 amide bonds. The molecule has 0 spiro atoms. The van der Waals surface area contributed by atoms with Crippen LogP contribution in [0.5, 0.6) is 0 Å². The molecule has 0 saturated carbocycles.